The molecule has 0 unspecified atom stereocenters. The molecule has 0 aliphatic heterocycles. The monoisotopic (exact) mass is 355 g/mol. The summed E-state index contributed by atoms with van der Waals surface area (Å²) in [6, 6.07) is 3.28. The van der Waals surface area contributed by atoms with Crippen LogP contribution in [0.15, 0.2) is 16.6 Å². The van der Waals surface area contributed by atoms with Crippen molar-refractivity contribution in [1.82, 2.24) is 15.0 Å². The van der Waals surface area contributed by atoms with Gasteiger partial charge in [-0.25, -0.2) is 4.39 Å². The van der Waals surface area contributed by atoms with Gasteiger partial charge in [0.15, 0.2) is 0 Å². The topological polar surface area (TPSA) is 72.0 Å². The van der Waals surface area contributed by atoms with Crippen LogP contribution in [0.1, 0.15) is 12.5 Å². The molecule has 0 spiro atoms. The van der Waals surface area contributed by atoms with Gasteiger partial charge in [-0.2, -0.15) is 15.0 Å². The van der Waals surface area contributed by atoms with Crippen molar-refractivity contribution >= 4 is 33.5 Å². The van der Waals surface area contributed by atoms with Crippen molar-refractivity contribution in [2.24, 2.45) is 0 Å². The third kappa shape index (κ3) is 3.78. The molecule has 2 N–H and O–H groups in total. The summed E-state index contributed by atoms with van der Waals surface area (Å²) < 4.78 is 19.1. The minimum Gasteiger partial charge on any atom is -0.464 e. The molecule has 0 bridgehead atoms. The molecule has 0 aliphatic carbocycles. The fourth-order valence-electron chi connectivity index (χ4n) is 1.62. The predicted molar refractivity (Wildman–Crippen MR) is 82.7 cm³/mol. The summed E-state index contributed by atoms with van der Waals surface area (Å²) in [4.78, 5) is 12.4. The smallest absolute Gasteiger partial charge is 0.323 e. The van der Waals surface area contributed by atoms with Gasteiger partial charge in [0, 0.05) is 12.7 Å². The zero-order valence-corrected chi connectivity index (χ0v) is 13.5. The first kappa shape index (κ1) is 15.4. The van der Waals surface area contributed by atoms with Crippen LogP contribution in [0.3, 0.4) is 0 Å². The summed E-state index contributed by atoms with van der Waals surface area (Å²) in [6.45, 7) is 4.09. The SMILES string of the molecule is CCOc1nc(NC)nc(Nc2cc(Br)c(F)cc2C)n1. The molecule has 1 heterocycles. The van der Waals surface area contributed by atoms with E-state index in [9.17, 15) is 4.39 Å². The fourth-order valence-corrected chi connectivity index (χ4v) is 1.96. The van der Waals surface area contributed by atoms with Crippen molar-refractivity contribution in [1.29, 1.82) is 0 Å². The minimum atomic E-state index is -0.320. The summed E-state index contributed by atoms with van der Waals surface area (Å²) in [6.07, 6.45) is 0. The van der Waals surface area contributed by atoms with Gasteiger partial charge >= 0.3 is 6.01 Å². The Morgan fingerprint density at radius 2 is 1.95 bits per heavy atom. The first-order valence-corrected chi connectivity index (χ1v) is 7.12. The molecule has 0 saturated heterocycles. The number of aryl methyl sites for hydroxylation is 1. The average Bonchev–Trinajstić information content (AvgIpc) is 2.45. The molecule has 6 nitrogen and oxygen atoms in total. The lowest BCUT2D eigenvalue weighted by atomic mass is 10.2. The van der Waals surface area contributed by atoms with Crippen LogP contribution in [-0.2, 0) is 0 Å². The van der Waals surface area contributed by atoms with Crippen molar-refractivity contribution in [2.45, 2.75) is 13.8 Å². The molecule has 2 rings (SSSR count). The fraction of sp³-hybridized carbons (Fsp3) is 0.308. The quantitative estimate of drug-likeness (QED) is 0.857. The van der Waals surface area contributed by atoms with Crippen molar-refractivity contribution < 1.29 is 9.13 Å². The number of benzene rings is 1. The van der Waals surface area contributed by atoms with Crippen LogP contribution in [0.25, 0.3) is 0 Å². The second kappa shape index (κ2) is 6.66. The zero-order valence-electron chi connectivity index (χ0n) is 11.9. The molecule has 8 heteroatoms. The maximum absolute atomic E-state index is 13.4. The maximum Gasteiger partial charge on any atom is 0.323 e. The molecule has 0 aliphatic rings. The molecule has 0 saturated carbocycles. The van der Waals surface area contributed by atoms with E-state index in [1.807, 2.05) is 6.92 Å². The number of halogens is 2. The van der Waals surface area contributed by atoms with Gasteiger partial charge in [0.05, 0.1) is 11.1 Å². The normalized spacial score (nSPS) is 10.3. The van der Waals surface area contributed by atoms with Gasteiger partial charge in [-0.15, -0.1) is 0 Å². The first-order valence-electron chi connectivity index (χ1n) is 6.32. The Kier molecular flexibility index (Phi) is 4.89. The molecule has 0 atom stereocenters. The molecule has 1 aromatic heterocycles. The Labute approximate surface area is 130 Å². The molecule has 0 amide bonds. The number of hydrogen-bond donors (Lipinski definition) is 2. The van der Waals surface area contributed by atoms with Crippen LogP contribution in [-0.4, -0.2) is 28.6 Å². The highest BCUT2D eigenvalue weighted by molar-refractivity contribution is 9.10. The van der Waals surface area contributed by atoms with Gasteiger partial charge in [0.25, 0.3) is 0 Å². The van der Waals surface area contributed by atoms with Crippen molar-refractivity contribution in [3.05, 3.63) is 28.0 Å². The van der Waals surface area contributed by atoms with Crippen LogP contribution in [0.2, 0.25) is 0 Å². The number of rotatable bonds is 5. The maximum atomic E-state index is 13.4. The van der Waals surface area contributed by atoms with Crippen LogP contribution in [0.5, 0.6) is 6.01 Å². The predicted octanol–water partition coefficient (Wildman–Crippen LogP) is 3.27. The molecule has 2 aromatic rings. The highest BCUT2D eigenvalue weighted by atomic mass is 79.9. The molecule has 21 heavy (non-hydrogen) atoms. The average molecular weight is 356 g/mol. The number of ether oxygens (including phenoxy) is 1. The molecule has 1 aromatic carbocycles. The number of hydrogen-bond acceptors (Lipinski definition) is 6. The summed E-state index contributed by atoms with van der Waals surface area (Å²) in [5, 5.41) is 5.87. The third-order valence-electron chi connectivity index (χ3n) is 2.63. The number of nitrogens with one attached hydrogen (secondary N) is 2. The van der Waals surface area contributed by atoms with Crippen molar-refractivity contribution in [3.8, 4) is 6.01 Å². The van der Waals surface area contributed by atoms with Gasteiger partial charge in [-0.1, -0.05) is 0 Å². The Morgan fingerprint density at radius 3 is 2.62 bits per heavy atom. The lowest BCUT2D eigenvalue weighted by Crippen LogP contribution is -2.07. The largest absolute Gasteiger partial charge is 0.464 e. The van der Waals surface area contributed by atoms with Crippen molar-refractivity contribution in [2.75, 3.05) is 24.3 Å². The van der Waals surface area contributed by atoms with Crippen LogP contribution in [0, 0.1) is 12.7 Å². The van der Waals surface area contributed by atoms with E-state index in [-0.39, 0.29) is 11.8 Å². The minimum absolute atomic E-state index is 0.221. The molecule has 0 radical (unpaired) electrons. The highest BCUT2D eigenvalue weighted by Gasteiger charge is 2.10. The number of nitrogens with zero attached hydrogens (tertiary/aromatic N) is 3. The first-order chi connectivity index (χ1) is 10.0. The van der Waals surface area contributed by atoms with E-state index in [1.54, 1.807) is 20.0 Å². The molecular weight excluding hydrogens is 341 g/mol. The second-order valence-electron chi connectivity index (χ2n) is 4.15. The van der Waals surface area contributed by atoms with Crippen LogP contribution >= 0.6 is 15.9 Å². The third-order valence-corrected chi connectivity index (χ3v) is 3.23. The molecule has 112 valence electrons. The van der Waals surface area contributed by atoms with E-state index in [2.05, 4.69) is 41.5 Å². The summed E-state index contributed by atoms with van der Waals surface area (Å²) in [5.74, 6) is 0.383. The molecular formula is C13H15BrFN5O. The highest BCUT2D eigenvalue weighted by Crippen LogP contribution is 2.26. The van der Waals surface area contributed by atoms with E-state index < -0.39 is 0 Å². The summed E-state index contributed by atoms with van der Waals surface area (Å²) in [7, 11) is 1.70. The Balaban J connectivity index is 2.34. The Morgan fingerprint density at radius 1 is 1.24 bits per heavy atom. The van der Waals surface area contributed by atoms with Crippen LogP contribution < -0.4 is 15.4 Å². The zero-order chi connectivity index (χ0) is 15.4. The van der Waals surface area contributed by atoms with E-state index >= 15 is 0 Å². The number of aromatic nitrogens is 3. The second-order valence-corrected chi connectivity index (χ2v) is 5.01. The lowest BCUT2D eigenvalue weighted by molar-refractivity contribution is 0.312. The molecule has 0 fully saturated rings. The van der Waals surface area contributed by atoms with Gasteiger partial charge in [-0.05, 0) is 47.5 Å². The van der Waals surface area contributed by atoms with Gasteiger partial charge in [0.1, 0.15) is 5.82 Å². The standard InChI is InChI=1S/C13H15BrFN5O/c1-4-21-13-19-11(16-3)18-12(20-13)17-10-6-8(14)9(15)5-7(10)2/h5-6H,4H2,1-3H3,(H2,16,17,18,19,20). The Hall–Kier alpha value is -1.96. The lowest BCUT2D eigenvalue weighted by Gasteiger charge is -2.11. The van der Waals surface area contributed by atoms with Gasteiger partial charge in [-0.3, -0.25) is 0 Å². The van der Waals surface area contributed by atoms with E-state index in [0.717, 1.165) is 5.56 Å². The number of anilines is 3. The van der Waals surface area contributed by atoms with E-state index in [1.165, 1.54) is 6.07 Å². The van der Waals surface area contributed by atoms with E-state index in [0.29, 0.717) is 28.7 Å². The van der Waals surface area contributed by atoms with E-state index in [4.69, 9.17) is 4.74 Å². The van der Waals surface area contributed by atoms with Crippen molar-refractivity contribution in [3.63, 3.8) is 0 Å². The van der Waals surface area contributed by atoms with Crippen LogP contribution in [0.4, 0.5) is 22.0 Å². The Bertz CT molecular complexity index is 653. The van der Waals surface area contributed by atoms with Gasteiger partial charge in [0.2, 0.25) is 11.9 Å². The summed E-state index contributed by atoms with van der Waals surface area (Å²) >= 11 is 3.16. The van der Waals surface area contributed by atoms with Gasteiger partial charge < -0.3 is 15.4 Å². The summed E-state index contributed by atoms with van der Waals surface area (Å²) in [5.41, 5.74) is 1.43.